The first-order valence-corrected chi connectivity index (χ1v) is 6.87. The van der Waals surface area contributed by atoms with E-state index < -0.39 is 0 Å². The van der Waals surface area contributed by atoms with Crippen molar-refractivity contribution in [3.05, 3.63) is 47.0 Å². The predicted molar refractivity (Wildman–Crippen MR) is 79.7 cm³/mol. The zero-order valence-corrected chi connectivity index (χ0v) is 11.9. The highest BCUT2D eigenvalue weighted by molar-refractivity contribution is 9.10. The predicted octanol–water partition coefficient (Wildman–Crippen LogP) is 2.57. The topological polar surface area (TPSA) is 50.4 Å². The number of nitrogens with two attached hydrogens (primary N) is 1. The van der Waals surface area contributed by atoms with Crippen molar-refractivity contribution in [3.63, 3.8) is 0 Å². The third kappa shape index (κ3) is 2.93. The first kappa shape index (κ1) is 13.1. The maximum absolute atomic E-state index is 5.79. The lowest BCUT2D eigenvalue weighted by molar-refractivity contribution is 0.698. The van der Waals surface area contributed by atoms with Crippen molar-refractivity contribution >= 4 is 21.9 Å². The van der Waals surface area contributed by atoms with E-state index in [0.717, 1.165) is 11.0 Å². The fraction of sp³-hybridized carbons (Fsp3) is 0.357. The van der Waals surface area contributed by atoms with E-state index in [2.05, 4.69) is 51.0 Å². The van der Waals surface area contributed by atoms with Crippen LogP contribution in [0.5, 0.6) is 0 Å². The van der Waals surface area contributed by atoms with E-state index in [-0.39, 0.29) is 5.41 Å². The van der Waals surface area contributed by atoms with E-state index in [9.17, 15) is 0 Å². The van der Waals surface area contributed by atoms with E-state index in [1.54, 1.807) is 6.08 Å². The summed E-state index contributed by atoms with van der Waals surface area (Å²) in [4.78, 5) is 4.43. The Bertz CT molecular complexity index is 464. The van der Waals surface area contributed by atoms with Crippen LogP contribution >= 0.6 is 15.9 Å². The Hall–Kier alpha value is -1.29. The lowest BCUT2D eigenvalue weighted by Crippen LogP contribution is -2.32. The summed E-state index contributed by atoms with van der Waals surface area (Å²) < 4.78 is 1.16. The second-order valence-corrected chi connectivity index (χ2v) is 5.49. The van der Waals surface area contributed by atoms with Crippen LogP contribution in [0.1, 0.15) is 18.4 Å². The molecule has 1 fully saturated rings. The minimum atomic E-state index is 0.181. The number of hydrogen-bond acceptors (Lipinski definition) is 1. The summed E-state index contributed by atoms with van der Waals surface area (Å²) in [5.74, 6) is 0.494. The number of guanidine groups is 1. The molecule has 0 saturated heterocycles. The first-order valence-electron chi connectivity index (χ1n) is 6.08. The highest BCUT2D eigenvalue weighted by Crippen LogP contribution is 2.50. The molecule has 1 saturated carbocycles. The summed E-state index contributed by atoms with van der Waals surface area (Å²) in [5.41, 5.74) is 7.31. The van der Waals surface area contributed by atoms with E-state index in [4.69, 9.17) is 5.73 Å². The molecule has 18 heavy (non-hydrogen) atoms. The molecule has 0 atom stereocenters. The van der Waals surface area contributed by atoms with Crippen molar-refractivity contribution in [1.82, 2.24) is 5.32 Å². The van der Waals surface area contributed by atoms with Crippen LogP contribution in [0.3, 0.4) is 0 Å². The average molecular weight is 308 g/mol. The summed E-state index contributed by atoms with van der Waals surface area (Å²) in [6.07, 6.45) is 4.12. The van der Waals surface area contributed by atoms with Crippen molar-refractivity contribution < 1.29 is 0 Å². The fourth-order valence-corrected chi connectivity index (χ4v) is 2.73. The molecular weight excluding hydrogens is 290 g/mol. The molecule has 2 rings (SSSR count). The van der Waals surface area contributed by atoms with Crippen LogP contribution in [-0.4, -0.2) is 19.0 Å². The number of aliphatic imine (C=N–C) groups is 1. The molecule has 0 spiro atoms. The Kier molecular flexibility index (Phi) is 4.07. The van der Waals surface area contributed by atoms with Gasteiger partial charge in [0.15, 0.2) is 5.96 Å². The molecule has 0 amide bonds. The lowest BCUT2D eigenvalue weighted by atomic mass is 9.96. The van der Waals surface area contributed by atoms with Crippen LogP contribution in [0.15, 0.2) is 46.4 Å². The molecule has 96 valence electrons. The molecule has 0 aromatic heterocycles. The normalized spacial score (nSPS) is 17.3. The highest BCUT2D eigenvalue weighted by Gasteiger charge is 2.45. The van der Waals surface area contributed by atoms with Crippen LogP contribution in [0, 0.1) is 0 Å². The minimum Gasteiger partial charge on any atom is -0.370 e. The maximum Gasteiger partial charge on any atom is 0.188 e. The molecule has 1 aliphatic carbocycles. The zero-order valence-electron chi connectivity index (χ0n) is 10.3. The number of halogens is 1. The monoisotopic (exact) mass is 307 g/mol. The molecule has 0 bridgehead atoms. The molecule has 1 aromatic rings. The van der Waals surface area contributed by atoms with Gasteiger partial charge in [-0.1, -0.05) is 40.2 Å². The van der Waals surface area contributed by atoms with Crippen LogP contribution < -0.4 is 11.1 Å². The van der Waals surface area contributed by atoms with Gasteiger partial charge in [0.1, 0.15) is 0 Å². The zero-order chi connectivity index (χ0) is 13.0. The quantitative estimate of drug-likeness (QED) is 0.499. The standard InChI is InChI=1S/C14H18BrN3/c1-2-9-17-13(16)18-10-14(7-8-14)11-5-3-4-6-12(11)15/h2-6H,1,7-10H2,(H3,16,17,18). The largest absolute Gasteiger partial charge is 0.370 e. The number of benzene rings is 1. The van der Waals surface area contributed by atoms with Gasteiger partial charge in [0.25, 0.3) is 0 Å². The van der Waals surface area contributed by atoms with Gasteiger partial charge in [-0.25, -0.2) is 0 Å². The van der Waals surface area contributed by atoms with Gasteiger partial charge in [0.05, 0.1) is 6.54 Å². The maximum atomic E-state index is 5.79. The highest BCUT2D eigenvalue weighted by atomic mass is 79.9. The van der Waals surface area contributed by atoms with Gasteiger partial charge in [-0.3, -0.25) is 4.99 Å². The van der Waals surface area contributed by atoms with Crippen molar-refractivity contribution in [2.75, 3.05) is 13.1 Å². The molecule has 3 nitrogen and oxygen atoms in total. The van der Waals surface area contributed by atoms with Crippen molar-refractivity contribution in [2.24, 2.45) is 10.7 Å². The van der Waals surface area contributed by atoms with Gasteiger partial charge >= 0.3 is 0 Å². The fourth-order valence-electron chi connectivity index (χ4n) is 2.02. The molecule has 3 N–H and O–H groups in total. The number of hydrogen-bond donors (Lipinski definition) is 2. The Morgan fingerprint density at radius 1 is 1.50 bits per heavy atom. The number of nitrogens with one attached hydrogen (secondary N) is 1. The molecule has 0 unspecified atom stereocenters. The van der Waals surface area contributed by atoms with Crippen molar-refractivity contribution in [2.45, 2.75) is 18.3 Å². The van der Waals surface area contributed by atoms with Gasteiger partial charge in [0.2, 0.25) is 0 Å². The second-order valence-electron chi connectivity index (χ2n) is 4.63. The van der Waals surface area contributed by atoms with Crippen LogP contribution in [-0.2, 0) is 5.41 Å². The molecular formula is C14H18BrN3. The van der Waals surface area contributed by atoms with Gasteiger partial charge in [-0.05, 0) is 24.5 Å². The van der Waals surface area contributed by atoms with Crippen molar-refractivity contribution in [1.29, 1.82) is 0 Å². The summed E-state index contributed by atoms with van der Waals surface area (Å²) in [5, 5.41) is 3.00. The molecule has 4 heteroatoms. The smallest absolute Gasteiger partial charge is 0.188 e. The first-order chi connectivity index (χ1) is 8.68. The van der Waals surface area contributed by atoms with E-state index in [1.165, 1.54) is 18.4 Å². The van der Waals surface area contributed by atoms with E-state index in [1.807, 2.05) is 6.07 Å². The summed E-state index contributed by atoms with van der Waals surface area (Å²) in [7, 11) is 0. The molecule has 1 aliphatic rings. The Morgan fingerprint density at radius 3 is 2.83 bits per heavy atom. The van der Waals surface area contributed by atoms with E-state index >= 15 is 0 Å². The molecule has 0 radical (unpaired) electrons. The second kappa shape index (κ2) is 5.57. The minimum absolute atomic E-state index is 0.181. The van der Waals surface area contributed by atoms with E-state index in [0.29, 0.717) is 12.5 Å². The third-order valence-corrected chi connectivity index (χ3v) is 3.97. The third-order valence-electron chi connectivity index (χ3n) is 3.28. The van der Waals surface area contributed by atoms with Gasteiger partial charge < -0.3 is 11.1 Å². The molecule has 0 aliphatic heterocycles. The summed E-state index contributed by atoms with van der Waals surface area (Å²) >= 11 is 3.61. The number of nitrogens with zero attached hydrogens (tertiary/aromatic N) is 1. The van der Waals surface area contributed by atoms with Gasteiger partial charge in [-0.15, -0.1) is 6.58 Å². The van der Waals surface area contributed by atoms with Crippen LogP contribution in [0.4, 0.5) is 0 Å². The van der Waals surface area contributed by atoms with Gasteiger partial charge in [0, 0.05) is 16.4 Å². The SMILES string of the molecule is C=CCNC(N)=NCC1(c2ccccc2Br)CC1. The molecule has 0 heterocycles. The lowest BCUT2D eigenvalue weighted by Gasteiger charge is -2.15. The van der Waals surface area contributed by atoms with Crippen LogP contribution in [0.2, 0.25) is 0 Å². The number of rotatable bonds is 5. The van der Waals surface area contributed by atoms with Gasteiger partial charge in [-0.2, -0.15) is 0 Å². The average Bonchev–Trinajstić information content (AvgIpc) is 3.15. The van der Waals surface area contributed by atoms with Crippen LogP contribution in [0.25, 0.3) is 0 Å². The Morgan fingerprint density at radius 2 is 2.22 bits per heavy atom. The van der Waals surface area contributed by atoms with Crippen molar-refractivity contribution in [3.8, 4) is 0 Å². The summed E-state index contributed by atoms with van der Waals surface area (Å²) in [6, 6.07) is 8.36. The Balaban J connectivity index is 2.05. The Labute approximate surface area is 116 Å². The molecule has 1 aromatic carbocycles. The summed E-state index contributed by atoms with van der Waals surface area (Å²) in [6.45, 7) is 5.03.